The van der Waals surface area contributed by atoms with Gasteiger partial charge in [0.25, 0.3) is 5.69 Å². The number of nitro groups is 1. The van der Waals surface area contributed by atoms with E-state index in [4.69, 9.17) is 5.73 Å². The third-order valence-corrected chi connectivity index (χ3v) is 5.26. The van der Waals surface area contributed by atoms with Gasteiger partial charge in [-0.2, -0.15) is 0 Å². The zero-order chi connectivity index (χ0) is 19.2. The second kappa shape index (κ2) is 8.77. The molecule has 1 amide bonds. The fraction of sp³-hybridized carbons (Fsp3) is 0.381. The Hall–Kier alpha value is -2.73. The van der Waals surface area contributed by atoms with Gasteiger partial charge in [-0.05, 0) is 24.5 Å². The number of nitrogens with two attached hydrogens (primary N) is 1. The van der Waals surface area contributed by atoms with Crippen molar-refractivity contribution in [2.24, 2.45) is 5.73 Å². The topological polar surface area (TPSA) is 89.5 Å². The first-order chi connectivity index (χ1) is 13.0. The van der Waals surface area contributed by atoms with Crippen molar-refractivity contribution in [2.75, 3.05) is 0 Å². The van der Waals surface area contributed by atoms with Gasteiger partial charge >= 0.3 is 0 Å². The van der Waals surface area contributed by atoms with E-state index in [0.29, 0.717) is 18.2 Å². The minimum Gasteiger partial charge on any atom is -0.366 e. The first-order valence-corrected chi connectivity index (χ1v) is 9.39. The molecule has 2 N–H and O–H groups in total. The molecule has 1 aliphatic carbocycles. The standard InChI is InChI=1S/C21H25N3O3/c22-21(25)17-11-12-18(20(13-17)24(26)27)15-23(19-9-5-2-6-10-19)14-16-7-3-1-4-8-16/h1,3-4,7-8,11-13,19H,2,5-6,9-10,14-15H2,(H2,22,25). The minimum absolute atomic E-state index is 0.0415. The van der Waals surface area contributed by atoms with E-state index in [2.05, 4.69) is 17.0 Å². The van der Waals surface area contributed by atoms with E-state index < -0.39 is 10.8 Å². The van der Waals surface area contributed by atoms with Crippen LogP contribution in [0.15, 0.2) is 48.5 Å². The largest absolute Gasteiger partial charge is 0.366 e. The van der Waals surface area contributed by atoms with Crippen LogP contribution in [0.25, 0.3) is 0 Å². The lowest BCUT2D eigenvalue weighted by Crippen LogP contribution is -2.36. The summed E-state index contributed by atoms with van der Waals surface area (Å²) in [6.07, 6.45) is 5.86. The smallest absolute Gasteiger partial charge is 0.274 e. The molecule has 0 unspecified atom stereocenters. The molecule has 0 radical (unpaired) electrons. The number of nitrogens with zero attached hydrogens (tertiary/aromatic N) is 2. The van der Waals surface area contributed by atoms with Crippen LogP contribution >= 0.6 is 0 Å². The Morgan fingerprint density at radius 2 is 1.78 bits per heavy atom. The van der Waals surface area contributed by atoms with E-state index in [1.54, 1.807) is 12.1 Å². The lowest BCUT2D eigenvalue weighted by atomic mass is 9.93. The van der Waals surface area contributed by atoms with Gasteiger partial charge in [0.2, 0.25) is 5.91 Å². The number of rotatable bonds is 7. The fourth-order valence-corrected chi connectivity index (χ4v) is 3.82. The first kappa shape index (κ1) is 19.0. The molecule has 3 rings (SSSR count). The lowest BCUT2D eigenvalue weighted by molar-refractivity contribution is -0.385. The molecule has 0 bridgehead atoms. The molecule has 6 heteroatoms. The summed E-state index contributed by atoms with van der Waals surface area (Å²) in [6.45, 7) is 1.23. The first-order valence-electron chi connectivity index (χ1n) is 9.39. The molecule has 2 aromatic carbocycles. The normalized spacial score (nSPS) is 15.0. The highest BCUT2D eigenvalue weighted by atomic mass is 16.6. The van der Waals surface area contributed by atoms with E-state index in [0.717, 1.165) is 19.4 Å². The van der Waals surface area contributed by atoms with Crippen LogP contribution in [0.2, 0.25) is 0 Å². The summed E-state index contributed by atoms with van der Waals surface area (Å²) in [6, 6.07) is 15.1. The Labute approximate surface area is 159 Å². The number of hydrogen-bond donors (Lipinski definition) is 1. The molecular formula is C21H25N3O3. The van der Waals surface area contributed by atoms with Crippen LogP contribution in [0.4, 0.5) is 5.69 Å². The maximum Gasteiger partial charge on any atom is 0.274 e. The summed E-state index contributed by atoms with van der Waals surface area (Å²) in [4.78, 5) is 24.8. The predicted octanol–water partition coefficient (Wildman–Crippen LogP) is 4.03. The summed E-state index contributed by atoms with van der Waals surface area (Å²) in [5.41, 5.74) is 7.22. The van der Waals surface area contributed by atoms with Crippen molar-refractivity contribution < 1.29 is 9.72 Å². The zero-order valence-electron chi connectivity index (χ0n) is 15.3. The van der Waals surface area contributed by atoms with Crippen LogP contribution in [0.1, 0.15) is 53.6 Å². The number of carbonyl (C=O) groups excluding carboxylic acids is 1. The third-order valence-electron chi connectivity index (χ3n) is 5.26. The SMILES string of the molecule is NC(=O)c1ccc(CN(Cc2ccccc2)C2CCCCC2)c([N+](=O)[O-])c1. The van der Waals surface area contributed by atoms with E-state index >= 15 is 0 Å². The van der Waals surface area contributed by atoms with Crippen molar-refractivity contribution in [1.82, 2.24) is 4.90 Å². The molecule has 0 saturated heterocycles. The second-order valence-electron chi connectivity index (χ2n) is 7.15. The van der Waals surface area contributed by atoms with Crippen LogP contribution in [0.3, 0.4) is 0 Å². The van der Waals surface area contributed by atoms with Gasteiger partial charge in [-0.15, -0.1) is 0 Å². The molecule has 6 nitrogen and oxygen atoms in total. The monoisotopic (exact) mass is 367 g/mol. The van der Waals surface area contributed by atoms with Crippen LogP contribution < -0.4 is 5.73 Å². The van der Waals surface area contributed by atoms with Gasteiger partial charge in [0.1, 0.15) is 0 Å². The van der Waals surface area contributed by atoms with Crippen molar-refractivity contribution in [3.8, 4) is 0 Å². The predicted molar refractivity (Wildman–Crippen MR) is 104 cm³/mol. The molecule has 0 heterocycles. The van der Waals surface area contributed by atoms with Crippen molar-refractivity contribution in [3.05, 3.63) is 75.3 Å². The number of amides is 1. The Bertz CT molecular complexity index is 802. The number of nitro benzene ring substituents is 1. The highest BCUT2D eigenvalue weighted by molar-refractivity contribution is 5.93. The van der Waals surface area contributed by atoms with E-state index in [-0.39, 0.29) is 11.3 Å². The number of carbonyl (C=O) groups is 1. The van der Waals surface area contributed by atoms with Gasteiger partial charge in [-0.25, -0.2) is 0 Å². The van der Waals surface area contributed by atoms with Crippen LogP contribution in [0.5, 0.6) is 0 Å². The summed E-state index contributed by atoms with van der Waals surface area (Å²) in [5.74, 6) is -0.655. The summed E-state index contributed by atoms with van der Waals surface area (Å²) in [7, 11) is 0. The zero-order valence-corrected chi connectivity index (χ0v) is 15.3. The lowest BCUT2D eigenvalue weighted by Gasteiger charge is -2.34. The van der Waals surface area contributed by atoms with E-state index in [1.807, 2.05) is 18.2 Å². The van der Waals surface area contributed by atoms with Gasteiger partial charge in [-0.1, -0.05) is 55.7 Å². The summed E-state index contributed by atoms with van der Waals surface area (Å²) >= 11 is 0. The highest BCUT2D eigenvalue weighted by Crippen LogP contribution is 2.28. The van der Waals surface area contributed by atoms with Gasteiger partial charge in [0, 0.05) is 36.3 Å². The second-order valence-corrected chi connectivity index (χ2v) is 7.15. The molecule has 1 aliphatic rings. The molecule has 142 valence electrons. The molecule has 2 aromatic rings. The maximum atomic E-state index is 11.5. The van der Waals surface area contributed by atoms with Crippen molar-refractivity contribution >= 4 is 11.6 Å². The molecule has 27 heavy (non-hydrogen) atoms. The number of benzene rings is 2. The Morgan fingerprint density at radius 3 is 2.41 bits per heavy atom. The Kier molecular flexibility index (Phi) is 6.19. The molecule has 1 saturated carbocycles. The number of hydrogen-bond acceptors (Lipinski definition) is 4. The van der Waals surface area contributed by atoms with Crippen molar-refractivity contribution in [2.45, 2.75) is 51.2 Å². The Balaban J connectivity index is 1.88. The van der Waals surface area contributed by atoms with E-state index in [9.17, 15) is 14.9 Å². The quantitative estimate of drug-likeness (QED) is 0.591. The van der Waals surface area contributed by atoms with E-state index in [1.165, 1.54) is 30.9 Å². The van der Waals surface area contributed by atoms with Crippen molar-refractivity contribution in [1.29, 1.82) is 0 Å². The maximum absolute atomic E-state index is 11.5. The fourth-order valence-electron chi connectivity index (χ4n) is 3.82. The van der Waals surface area contributed by atoms with Crippen molar-refractivity contribution in [3.63, 3.8) is 0 Å². The molecular weight excluding hydrogens is 342 g/mol. The van der Waals surface area contributed by atoms with Crippen LogP contribution in [-0.2, 0) is 13.1 Å². The van der Waals surface area contributed by atoms with Crippen LogP contribution in [-0.4, -0.2) is 21.8 Å². The van der Waals surface area contributed by atoms with Gasteiger partial charge in [0.15, 0.2) is 0 Å². The summed E-state index contributed by atoms with van der Waals surface area (Å²) in [5, 5.41) is 11.5. The Morgan fingerprint density at radius 1 is 1.07 bits per heavy atom. The van der Waals surface area contributed by atoms with Gasteiger partial charge in [-0.3, -0.25) is 19.8 Å². The molecule has 0 atom stereocenters. The summed E-state index contributed by atoms with van der Waals surface area (Å²) < 4.78 is 0. The third kappa shape index (κ3) is 4.92. The number of primary amides is 1. The van der Waals surface area contributed by atoms with Gasteiger partial charge < -0.3 is 5.73 Å². The average Bonchev–Trinajstić information content (AvgIpc) is 2.69. The van der Waals surface area contributed by atoms with Crippen LogP contribution in [0, 0.1) is 10.1 Å². The average molecular weight is 367 g/mol. The van der Waals surface area contributed by atoms with Gasteiger partial charge in [0.05, 0.1) is 4.92 Å². The highest BCUT2D eigenvalue weighted by Gasteiger charge is 2.25. The molecule has 0 spiro atoms. The molecule has 0 aliphatic heterocycles. The molecule has 0 aromatic heterocycles. The minimum atomic E-state index is -0.655. The molecule has 1 fully saturated rings.